The molecule has 2 aliphatic rings. The van der Waals surface area contributed by atoms with E-state index in [2.05, 4.69) is 20.1 Å². The van der Waals surface area contributed by atoms with Gasteiger partial charge in [-0.05, 0) is 49.9 Å². The van der Waals surface area contributed by atoms with Gasteiger partial charge in [-0.1, -0.05) is 0 Å². The van der Waals surface area contributed by atoms with Crippen molar-refractivity contribution in [2.45, 2.75) is 57.2 Å². The highest BCUT2D eigenvalue weighted by Crippen LogP contribution is 2.35. The van der Waals surface area contributed by atoms with Crippen molar-refractivity contribution in [3.63, 3.8) is 0 Å². The molecule has 0 spiro atoms. The van der Waals surface area contributed by atoms with Gasteiger partial charge < -0.3 is 15.1 Å². The molecular weight excluding hydrogens is 354 g/mol. The van der Waals surface area contributed by atoms with E-state index in [4.69, 9.17) is 10.2 Å². The first-order valence-corrected chi connectivity index (χ1v) is 9.83. The number of hydrogen-bond acceptors (Lipinski definition) is 6. The van der Waals surface area contributed by atoms with E-state index in [1.54, 1.807) is 6.20 Å². The largest absolute Gasteiger partial charge is 0.441 e. The number of carbonyl (C=O) groups is 1. The fraction of sp³-hybridized carbons (Fsp3) is 0.429. The molecule has 2 saturated heterocycles. The summed E-state index contributed by atoms with van der Waals surface area (Å²) in [5, 5.41) is 9.51. The number of aryl methyl sites for hydroxylation is 1. The summed E-state index contributed by atoms with van der Waals surface area (Å²) >= 11 is 0. The molecule has 7 heteroatoms. The van der Waals surface area contributed by atoms with Gasteiger partial charge in [0.2, 0.25) is 5.91 Å². The molecule has 1 unspecified atom stereocenters. The molecule has 2 bridgehead atoms. The third-order valence-electron chi connectivity index (χ3n) is 5.93. The standard InChI is InChI=1S/C21H23N5O2/c1-12-23-11-20(28-12)13-2-5-19-14(6-13)7-16(24-25-19)10-21(27)26-17-3-4-18(26)9-15(22)8-17/h2,5-7,11,15,17-18H,3-4,8-10,22H2,1H3/t15?,17-,18+. The molecule has 3 aromatic rings. The summed E-state index contributed by atoms with van der Waals surface area (Å²) in [4.78, 5) is 19.2. The number of oxazole rings is 1. The van der Waals surface area contributed by atoms with E-state index in [-0.39, 0.29) is 30.5 Å². The van der Waals surface area contributed by atoms with Crippen LogP contribution < -0.4 is 5.73 Å². The highest BCUT2D eigenvalue weighted by Gasteiger charge is 2.42. The summed E-state index contributed by atoms with van der Waals surface area (Å²) in [6.45, 7) is 1.82. The second-order valence-electron chi connectivity index (χ2n) is 7.95. The number of amides is 1. The fourth-order valence-corrected chi connectivity index (χ4v) is 4.69. The van der Waals surface area contributed by atoms with Crippen molar-refractivity contribution in [3.05, 3.63) is 42.0 Å². The second kappa shape index (κ2) is 6.67. The molecular formula is C21H23N5O2. The van der Waals surface area contributed by atoms with Crippen LogP contribution in [0.2, 0.25) is 0 Å². The minimum Gasteiger partial charge on any atom is -0.441 e. The Bertz CT molecular complexity index is 1030. The molecule has 0 saturated carbocycles. The molecule has 5 rings (SSSR count). The van der Waals surface area contributed by atoms with E-state index < -0.39 is 0 Å². The summed E-state index contributed by atoms with van der Waals surface area (Å²) in [7, 11) is 0. The second-order valence-corrected chi connectivity index (χ2v) is 7.95. The van der Waals surface area contributed by atoms with Gasteiger partial charge in [0.25, 0.3) is 0 Å². The summed E-state index contributed by atoms with van der Waals surface area (Å²) < 4.78 is 5.61. The smallest absolute Gasteiger partial charge is 0.229 e. The minimum absolute atomic E-state index is 0.134. The maximum Gasteiger partial charge on any atom is 0.229 e. The SMILES string of the molecule is Cc1ncc(-c2ccc3nnc(CC(=O)N4[C@@H]5CC[C@H]4CC(N)C5)cc3c2)o1. The van der Waals surface area contributed by atoms with E-state index >= 15 is 0 Å². The molecule has 4 heterocycles. The third-order valence-corrected chi connectivity index (χ3v) is 5.93. The molecule has 1 aromatic carbocycles. The normalized spacial score (nSPS) is 24.1. The third kappa shape index (κ3) is 3.05. The zero-order chi connectivity index (χ0) is 19.3. The lowest BCUT2D eigenvalue weighted by Crippen LogP contribution is -2.50. The summed E-state index contributed by atoms with van der Waals surface area (Å²) in [6, 6.07) is 8.60. The quantitative estimate of drug-likeness (QED) is 0.753. The minimum atomic E-state index is 0.134. The van der Waals surface area contributed by atoms with Crippen LogP contribution in [0.1, 0.15) is 37.3 Å². The molecule has 2 aliphatic heterocycles. The number of nitrogens with zero attached hydrogens (tertiary/aromatic N) is 4. The van der Waals surface area contributed by atoms with Crippen molar-refractivity contribution in [3.8, 4) is 11.3 Å². The highest BCUT2D eigenvalue weighted by atomic mass is 16.4. The highest BCUT2D eigenvalue weighted by molar-refractivity contribution is 5.85. The molecule has 28 heavy (non-hydrogen) atoms. The Balaban J connectivity index is 1.39. The lowest BCUT2D eigenvalue weighted by Gasteiger charge is -2.37. The van der Waals surface area contributed by atoms with Crippen molar-refractivity contribution in [1.29, 1.82) is 0 Å². The zero-order valence-corrected chi connectivity index (χ0v) is 15.8. The monoisotopic (exact) mass is 377 g/mol. The van der Waals surface area contributed by atoms with E-state index in [0.29, 0.717) is 11.6 Å². The van der Waals surface area contributed by atoms with Crippen molar-refractivity contribution in [2.75, 3.05) is 0 Å². The molecule has 2 aromatic heterocycles. The number of aromatic nitrogens is 3. The lowest BCUT2D eigenvalue weighted by atomic mass is 9.97. The van der Waals surface area contributed by atoms with Gasteiger partial charge >= 0.3 is 0 Å². The number of nitrogens with two attached hydrogens (primary N) is 1. The van der Waals surface area contributed by atoms with Crippen LogP contribution in [0, 0.1) is 6.92 Å². The van der Waals surface area contributed by atoms with Crippen LogP contribution in [0.25, 0.3) is 22.2 Å². The average molecular weight is 377 g/mol. The van der Waals surface area contributed by atoms with Gasteiger partial charge in [0, 0.05) is 36.0 Å². The first kappa shape index (κ1) is 17.3. The maximum atomic E-state index is 13.0. The van der Waals surface area contributed by atoms with Crippen LogP contribution in [0.4, 0.5) is 0 Å². The average Bonchev–Trinajstić information content (AvgIpc) is 3.22. The summed E-state index contributed by atoms with van der Waals surface area (Å²) in [5.41, 5.74) is 8.54. The van der Waals surface area contributed by atoms with Gasteiger partial charge in [-0.2, -0.15) is 10.2 Å². The van der Waals surface area contributed by atoms with Gasteiger partial charge in [-0.15, -0.1) is 0 Å². The molecule has 2 fully saturated rings. The van der Waals surface area contributed by atoms with Gasteiger partial charge in [-0.3, -0.25) is 4.79 Å². The Morgan fingerprint density at radius 2 is 2.00 bits per heavy atom. The number of benzene rings is 1. The predicted octanol–water partition coefficient (Wildman–Crippen LogP) is 2.62. The first-order chi connectivity index (χ1) is 13.6. The Labute approximate surface area is 162 Å². The Morgan fingerprint density at radius 1 is 1.21 bits per heavy atom. The molecule has 1 amide bonds. The topological polar surface area (TPSA) is 98.1 Å². The molecule has 144 valence electrons. The van der Waals surface area contributed by atoms with Crippen LogP contribution in [-0.2, 0) is 11.2 Å². The van der Waals surface area contributed by atoms with Crippen molar-refractivity contribution in [1.82, 2.24) is 20.1 Å². The first-order valence-electron chi connectivity index (χ1n) is 9.83. The molecule has 2 N–H and O–H groups in total. The number of carbonyl (C=O) groups excluding carboxylic acids is 1. The number of fused-ring (bicyclic) bond motifs is 3. The van der Waals surface area contributed by atoms with Gasteiger partial charge in [0.1, 0.15) is 0 Å². The van der Waals surface area contributed by atoms with Crippen molar-refractivity contribution in [2.24, 2.45) is 5.73 Å². The van der Waals surface area contributed by atoms with Crippen molar-refractivity contribution < 1.29 is 9.21 Å². The lowest BCUT2D eigenvalue weighted by molar-refractivity contribution is -0.135. The number of hydrogen-bond donors (Lipinski definition) is 1. The molecule has 7 nitrogen and oxygen atoms in total. The zero-order valence-electron chi connectivity index (χ0n) is 15.8. The predicted molar refractivity (Wildman–Crippen MR) is 104 cm³/mol. The van der Waals surface area contributed by atoms with Gasteiger partial charge in [-0.25, -0.2) is 4.98 Å². The molecule has 0 radical (unpaired) electrons. The van der Waals surface area contributed by atoms with Crippen LogP contribution in [0.3, 0.4) is 0 Å². The Kier molecular flexibility index (Phi) is 4.12. The van der Waals surface area contributed by atoms with Crippen LogP contribution in [0.15, 0.2) is 34.9 Å². The molecule has 0 aliphatic carbocycles. The van der Waals surface area contributed by atoms with Crippen LogP contribution in [0.5, 0.6) is 0 Å². The number of rotatable bonds is 3. The van der Waals surface area contributed by atoms with E-state index in [9.17, 15) is 4.79 Å². The Hall–Kier alpha value is -2.80. The van der Waals surface area contributed by atoms with E-state index in [1.165, 1.54) is 0 Å². The fourth-order valence-electron chi connectivity index (χ4n) is 4.69. The van der Waals surface area contributed by atoms with Crippen LogP contribution >= 0.6 is 0 Å². The van der Waals surface area contributed by atoms with E-state index in [1.807, 2.05) is 31.2 Å². The summed E-state index contributed by atoms with van der Waals surface area (Å²) in [6.07, 6.45) is 5.93. The summed E-state index contributed by atoms with van der Waals surface area (Å²) in [5.74, 6) is 1.48. The van der Waals surface area contributed by atoms with Crippen LogP contribution in [-0.4, -0.2) is 44.1 Å². The van der Waals surface area contributed by atoms with Crippen molar-refractivity contribution >= 4 is 16.8 Å². The van der Waals surface area contributed by atoms with E-state index in [0.717, 1.165) is 47.9 Å². The maximum absolute atomic E-state index is 13.0. The van der Waals surface area contributed by atoms with Gasteiger partial charge in [0.15, 0.2) is 11.7 Å². The number of piperidine rings is 1. The Morgan fingerprint density at radius 3 is 2.71 bits per heavy atom. The molecule has 3 atom stereocenters. The van der Waals surface area contributed by atoms with Gasteiger partial charge in [0.05, 0.1) is 23.8 Å².